The molecule has 0 radical (unpaired) electrons. The molecule has 0 aliphatic rings. The Bertz CT molecular complexity index is 210. The number of hydrogen-bond donors (Lipinski definition) is 0. The van der Waals surface area contributed by atoms with Gasteiger partial charge in [0.05, 0.1) is 12.5 Å². The second-order valence-corrected chi connectivity index (χ2v) is 3.25. The van der Waals surface area contributed by atoms with Gasteiger partial charge in [0.15, 0.2) is 0 Å². The van der Waals surface area contributed by atoms with Gasteiger partial charge >= 0.3 is 6.18 Å². The van der Waals surface area contributed by atoms with Crippen molar-refractivity contribution in [3.05, 3.63) is 0 Å². The molecular weight excluding hydrogens is 195 g/mol. The van der Waals surface area contributed by atoms with Crippen LogP contribution in [0.15, 0.2) is 0 Å². The molecule has 0 saturated heterocycles. The lowest BCUT2D eigenvalue weighted by Gasteiger charge is -2.17. The Morgan fingerprint density at radius 1 is 1.58 bits per heavy atom. The maximum absolute atomic E-state index is 11.6. The Hall–Kier alpha value is -0.610. The molecule has 12 heavy (non-hydrogen) atoms. The van der Waals surface area contributed by atoms with Crippen molar-refractivity contribution < 1.29 is 21.9 Å². The highest BCUT2D eigenvalue weighted by atomic mass is 32.2. The van der Waals surface area contributed by atoms with Crippen molar-refractivity contribution in [3.8, 4) is 6.07 Å². The number of nitrogens with zero attached hydrogens (tertiary/aromatic N) is 1. The first-order chi connectivity index (χ1) is 5.37. The molecule has 0 aromatic carbocycles. The third-order valence-electron chi connectivity index (χ3n) is 1.05. The minimum atomic E-state index is -4.54. The van der Waals surface area contributed by atoms with Gasteiger partial charge in [0.25, 0.3) is 0 Å². The van der Waals surface area contributed by atoms with E-state index in [0.717, 1.165) is 0 Å². The van der Waals surface area contributed by atoms with Gasteiger partial charge in [-0.05, 0) is 0 Å². The van der Waals surface area contributed by atoms with E-state index in [0.29, 0.717) is 0 Å². The number of halogens is 3. The summed E-state index contributed by atoms with van der Waals surface area (Å²) in [5, 5.41) is 6.35. The molecule has 0 amide bonds. The molecular formula is C5H5F3NO2S-. The van der Waals surface area contributed by atoms with Crippen LogP contribution >= 0.6 is 0 Å². The standard InChI is InChI=1S/C5H6F3NO2S/c6-5(7,8)3-4(1-2-9)12(10)11/h4H,1,3H2,(H,10,11)/p-1. The molecule has 0 N–H and O–H groups in total. The van der Waals surface area contributed by atoms with Gasteiger partial charge in [-0.2, -0.15) is 18.4 Å². The number of alkyl halides is 3. The van der Waals surface area contributed by atoms with Gasteiger partial charge in [-0.25, -0.2) is 0 Å². The van der Waals surface area contributed by atoms with Crippen LogP contribution in [0.1, 0.15) is 12.8 Å². The molecule has 2 unspecified atom stereocenters. The van der Waals surface area contributed by atoms with E-state index in [4.69, 9.17) is 5.26 Å². The molecule has 70 valence electrons. The van der Waals surface area contributed by atoms with Crippen LogP contribution < -0.4 is 0 Å². The van der Waals surface area contributed by atoms with E-state index >= 15 is 0 Å². The zero-order valence-corrected chi connectivity index (χ0v) is 6.61. The zero-order chi connectivity index (χ0) is 9.78. The average Bonchev–Trinajstić information content (AvgIpc) is 1.83. The van der Waals surface area contributed by atoms with E-state index in [2.05, 4.69) is 0 Å². The van der Waals surface area contributed by atoms with E-state index in [-0.39, 0.29) is 0 Å². The molecule has 2 atom stereocenters. The molecule has 0 heterocycles. The zero-order valence-electron chi connectivity index (χ0n) is 5.80. The highest BCUT2D eigenvalue weighted by Crippen LogP contribution is 2.24. The molecule has 3 nitrogen and oxygen atoms in total. The first kappa shape index (κ1) is 11.4. The van der Waals surface area contributed by atoms with Crippen molar-refractivity contribution in [2.24, 2.45) is 0 Å². The van der Waals surface area contributed by atoms with Crippen molar-refractivity contribution in [3.63, 3.8) is 0 Å². The Morgan fingerprint density at radius 3 is 2.33 bits per heavy atom. The highest BCUT2D eigenvalue weighted by molar-refractivity contribution is 7.79. The molecule has 0 rings (SSSR count). The van der Waals surface area contributed by atoms with E-state index in [1.54, 1.807) is 0 Å². The summed E-state index contributed by atoms with van der Waals surface area (Å²) in [7, 11) is 0. The van der Waals surface area contributed by atoms with E-state index < -0.39 is 35.3 Å². The van der Waals surface area contributed by atoms with Crippen LogP contribution in [0.25, 0.3) is 0 Å². The highest BCUT2D eigenvalue weighted by Gasteiger charge is 2.32. The number of rotatable bonds is 3. The Balaban J connectivity index is 4.16. The Morgan fingerprint density at radius 2 is 2.08 bits per heavy atom. The van der Waals surface area contributed by atoms with Crippen molar-refractivity contribution in [1.82, 2.24) is 0 Å². The van der Waals surface area contributed by atoms with Gasteiger partial charge in [0.2, 0.25) is 0 Å². The molecule has 0 bridgehead atoms. The average molecular weight is 200 g/mol. The van der Waals surface area contributed by atoms with Gasteiger partial charge in [0, 0.05) is 11.7 Å². The molecule has 0 fully saturated rings. The number of hydrogen-bond acceptors (Lipinski definition) is 3. The SMILES string of the molecule is N#CCC(CC(F)(F)F)S(=O)[O-]. The smallest absolute Gasteiger partial charge is 0.390 e. The Kier molecular flexibility index (Phi) is 4.20. The molecule has 0 aliphatic carbocycles. The van der Waals surface area contributed by atoms with Crippen molar-refractivity contribution >= 4 is 11.1 Å². The predicted octanol–water partition coefficient (Wildman–Crippen LogP) is 1.10. The van der Waals surface area contributed by atoms with Crippen LogP contribution in [0.4, 0.5) is 13.2 Å². The van der Waals surface area contributed by atoms with Crippen molar-refractivity contribution in [2.45, 2.75) is 24.3 Å². The van der Waals surface area contributed by atoms with Crippen LogP contribution in [0.3, 0.4) is 0 Å². The van der Waals surface area contributed by atoms with Gasteiger partial charge in [-0.1, -0.05) is 11.1 Å². The largest absolute Gasteiger partial charge is 0.772 e. The topological polar surface area (TPSA) is 63.9 Å². The summed E-state index contributed by atoms with van der Waals surface area (Å²) >= 11 is -2.84. The van der Waals surface area contributed by atoms with Gasteiger partial charge in [-0.3, -0.25) is 4.21 Å². The maximum Gasteiger partial charge on any atom is 0.390 e. The van der Waals surface area contributed by atoms with Crippen LogP contribution in [0.2, 0.25) is 0 Å². The second-order valence-electron chi connectivity index (χ2n) is 2.06. The molecule has 0 spiro atoms. The van der Waals surface area contributed by atoms with E-state index in [1.165, 1.54) is 6.07 Å². The van der Waals surface area contributed by atoms with E-state index in [9.17, 15) is 21.9 Å². The molecule has 7 heteroatoms. The lowest BCUT2D eigenvalue weighted by molar-refractivity contribution is -0.134. The summed E-state index contributed by atoms with van der Waals surface area (Å²) in [5.74, 6) is 0. The summed E-state index contributed by atoms with van der Waals surface area (Å²) < 4.78 is 55.1. The Labute approximate surface area is 69.5 Å². The minimum absolute atomic E-state index is 0.629. The number of nitriles is 1. The van der Waals surface area contributed by atoms with Crippen LogP contribution in [-0.4, -0.2) is 20.2 Å². The van der Waals surface area contributed by atoms with Gasteiger partial charge in [-0.15, -0.1) is 0 Å². The monoisotopic (exact) mass is 200 g/mol. The summed E-state index contributed by atoms with van der Waals surface area (Å²) in [6.07, 6.45) is -6.63. The summed E-state index contributed by atoms with van der Waals surface area (Å²) in [5.41, 5.74) is 0. The summed E-state index contributed by atoms with van der Waals surface area (Å²) in [4.78, 5) is 0. The van der Waals surface area contributed by atoms with Crippen molar-refractivity contribution in [2.75, 3.05) is 0 Å². The normalized spacial score (nSPS) is 16.6. The quantitative estimate of drug-likeness (QED) is 0.641. The molecule has 0 saturated carbocycles. The second kappa shape index (κ2) is 4.42. The predicted molar refractivity (Wildman–Crippen MR) is 33.6 cm³/mol. The van der Waals surface area contributed by atoms with E-state index in [1.807, 2.05) is 0 Å². The third-order valence-corrected chi connectivity index (χ3v) is 1.93. The summed E-state index contributed by atoms with van der Waals surface area (Å²) in [6, 6.07) is 1.38. The molecule has 0 aromatic heterocycles. The fourth-order valence-corrected chi connectivity index (χ4v) is 1.10. The fourth-order valence-electron chi connectivity index (χ4n) is 0.568. The minimum Gasteiger partial charge on any atom is -0.772 e. The van der Waals surface area contributed by atoms with Gasteiger partial charge < -0.3 is 4.55 Å². The van der Waals surface area contributed by atoms with Crippen LogP contribution in [0, 0.1) is 11.3 Å². The lowest BCUT2D eigenvalue weighted by atomic mass is 10.2. The maximum atomic E-state index is 11.6. The first-order valence-electron chi connectivity index (χ1n) is 2.88. The van der Waals surface area contributed by atoms with Gasteiger partial charge in [0.1, 0.15) is 0 Å². The third kappa shape index (κ3) is 5.09. The fraction of sp³-hybridized carbons (Fsp3) is 0.800. The molecule has 0 aromatic rings. The first-order valence-corrected chi connectivity index (χ1v) is 4.02. The summed E-state index contributed by atoms with van der Waals surface area (Å²) in [6.45, 7) is 0. The van der Waals surface area contributed by atoms with Crippen molar-refractivity contribution in [1.29, 1.82) is 5.26 Å². The van der Waals surface area contributed by atoms with Crippen LogP contribution in [-0.2, 0) is 11.1 Å². The molecule has 0 aliphatic heterocycles. The van der Waals surface area contributed by atoms with Crippen LogP contribution in [0.5, 0.6) is 0 Å². The lowest BCUT2D eigenvalue weighted by Crippen LogP contribution is -2.23.